The number of amides is 1. The van der Waals surface area contributed by atoms with E-state index >= 15 is 0 Å². The molecule has 2 aliphatic rings. The molecule has 126 valence electrons. The van der Waals surface area contributed by atoms with Crippen molar-refractivity contribution in [2.75, 3.05) is 13.1 Å². The van der Waals surface area contributed by atoms with Gasteiger partial charge in [0.05, 0.1) is 11.5 Å². The van der Waals surface area contributed by atoms with Gasteiger partial charge in [-0.05, 0) is 37.2 Å². The average Bonchev–Trinajstić information content (AvgIpc) is 3.02. The fraction of sp³-hybridized carbons (Fsp3) is 0.294. The van der Waals surface area contributed by atoms with Gasteiger partial charge in [0, 0.05) is 18.2 Å². The molecule has 1 aromatic rings. The zero-order chi connectivity index (χ0) is 17.3. The summed E-state index contributed by atoms with van der Waals surface area (Å²) in [5.74, 6) is -0.721. The lowest BCUT2D eigenvalue weighted by Crippen LogP contribution is -2.24. The molecule has 2 aliphatic heterocycles. The summed E-state index contributed by atoms with van der Waals surface area (Å²) in [6.07, 6.45) is 2.89. The first-order valence-electron chi connectivity index (χ1n) is 7.53. The van der Waals surface area contributed by atoms with E-state index < -0.39 is 17.5 Å². The predicted octanol–water partition coefficient (Wildman–Crippen LogP) is 2.54. The molecule has 7 heteroatoms. The zero-order valence-corrected chi connectivity index (χ0v) is 12.7. The first-order chi connectivity index (χ1) is 11.4. The van der Waals surface area contributed by atoms with Crippen LogP contribution in [0, 0.1) is 5.92 Å². The minimum atomic E-state index is -4.55. The van der Waals surface area contributed by atoms with Gasteiger partial charge in [0.25, 0.3) is 0 Å². The molecule has 2 heterocycles. The summed E-state index contributed by atoms with van der Waals surface area (Å²) < 4.78 is 39.5. The number of allylic oxidation sites excluding steroid dienone is 2. The molecule has 1 aromatic carbocycles. The maximum Gasteiger partial charge on any atom is 0.425 e. The van der Waals surface area contributed by atoms with Gasteiger partial charge in [-0.1, -0.05) is 0 Å². The molecule has 2 N–H and O–H groups in total. The number of phenols is 1. The number of hydrogen-bond acceptors (Lipinski definition) is 3. The van der Waals surface area contributed by atoms with Gasteiger partial charge < -0.3 is 10.4 Å². The summed E-state index contributed by atoms with van der Waals surface area (Å²) in [5, 5.41) is 13.1. The highest BCUT2D eigenvalue weighted by atomic mass is 19.4. The predicted molar refractivity (Wildman–Crippen MR) is 82.5 cm³/mol. The summed E-state index contributed by atoms with van der Waals surface area (Å²) >= 11 is 0. The van der Waals surface area contributed by atoms with Crippen LogP contribution in [0.15, 0.2) is 36.6 Å². The number of halogens is 3. The molecule has 0 spiro atoms. The van der Waals surface area contributed by atoms with E-state index in [-0.39, 0.29) is 23.0 Å². The Labute approximate surface area is 136 Å². The van der Waals surface area contributed by atoms with Crippen LogP contribution in [0.25, 0.3) is 5.57 Å². The van der Waals surface area contributed by atoms with Gasteiger partial charge in [-0.3, -0.25) is 0 Å². The van der Waals surface area contributed by atoms with Crippen molar-refractivity contribution in [2.45, 2.75) is 12.6 Å². The first kappa shape index (κ1) is 16.4. The molecule has 1 fully saturated rings. The van der Waals surface area contributed by atoms with E-state index in [0.29, 0.717) is 6.07 Å². The molecule has 3 rings (SSSR count). The fourth-order valence-corrected chi connectivity index (χ4v) is 2.80. The molecule has 1 unspecified atom stereocenters. The second-order valence-electron chi connectivity index (χ2n) is 5.77. The number of carbonyl (C=O) groups is 1. The molecule has 24 heavy (non-hydrogen) atoms. The molecule has 4 nitrogen and oxygen atoms in total. The molecule has 0 bridgehead atoms. The number of hydrogen-bond donors (Lipinski definition) is 2. The summed E-state index contributed by atoms with van der Waals surface area (Å²) in [5.41, 5.74) is -0.713. The quantitative estimate of drug-likeness (QED) is 0.816. The number of alkyl halides is 3. The maximum atomic E-state index is 12.7. The third-order valence-corrected chi connectivity index (χ3v) is 4.06. The number of nitrogens with one attached hydrogen (secondary N) is 1. The van der Waals surface area contributed by atoms with Gasteiger partial charge in [0.1, 0.15) is 11.3 Å². The lowest BCUT2D eigenvalue weighted by atomic mass is 9.99. The Morgan fingerprint density at radius 2 is 2.12 bits per heavy atom. The van der Waals surface area contributed by atoms with Crippen LogP contribution in [0.3, 0.4) is 0 Å². The standard InChI is InChI=1S/C17H15F3N2O2/c18-17(19,20)12-3-4-13(15(23)8-12)14-2-1-7-22(16(14)24)10-11-5-6-21-9-11/h1-4,7-8,10-11,21H,5-6,9H2/p+1. The van der Waals surface area contributed by atoms with Crippen molar-refractivity contribution in [1.29, 1.82) is 0 Å². The smallest absolute Gasteiger partial charge is 0.425 e. The van der Waals surface area contributed by atoms with Gasteiger partial charge in [-0.2, -0.15) is 13.2 Å². The van der Waals surface area contributed by atoms with Crippen LogP contribution in [0.4, 0.5) is 13.2 Å². The van der Waals surface area contributed by atoms with Crippen molar-refractivity contribution < 1.29 is 27.6 Å². The second kappa shape index (κ2) is 6.24. The Bertz CT molecular complexity index is 758. The topological polar surface area (TPSA) is 52.3 Å². The molecular weight excluding hydrogens is 321 g/mol. The number of aromatic hydroxyl groups is 1. The highest BCUT2D eigenvalue weighted by molar-refractivity contribution is 6.18. The van der Waals surface area contributed by atoms with Crippen LogP contribution < -0.4 is 5.32 Å². The summed E-state index contributed by atoms with van der Waals surface area (Å²) in [6, 6.07) is 2.61. The normalized spacial score (nSPS) is 23.0. The molecule has 0 aromatic heterocycles. The molecule has 0 saturated carbocycles. The number of carbonyl (C=O) groups excluding carboxylic acids is 1. The SMILES string of the molecule is O=C1C(c2ccc(C(F)(F)F)cc2O)=CC=C[N+]1=CC1CCNC1. The summed E-state index contributed by atoms with van der Waals surface area (Å²) in [6.45, 7) is 1.66. The number of rotatable bonds is 2. The summed E-state index contributed by atoms with van der Waals surface area (Å²) in [7, 11) is 0. The van der Waals surface area contributed by atoms with Gasteiger partial charge >= 0.3 is 12.1 Å². The molecule has 1 atom stereocenters. The molecule has 1 saturated heterocycles. The van der Waals surface area contributed by atoms with Crippen molar-refractivity contribution in [3.05, 3.63) is 47.7 Å². The van der Waals surface area contributed by atoms with Crippen LogP contribution in [-0.2, 0) is 11.0 Å². The second-order valence-corrected chi connectivity index (χ2v) is 5.77. The molecular formula is C17H16F3N2O2+. The van der Waals surface area contributed by atoms with Gasteiger partial charge in [-0.15, -0.1) is 4.58 Å². The summed E-state index contributed by atoms with van der Waals surface area (Å²) in [4.78, 5) is 12.6. The Hall–Kier alpha value is -2.41. The van der Waals surface area contributed by atoms with Crippen LogP contribution in [-0.4, -0.2) is 34.9 Å². The number of phenolic OH excluding ortho intramolecular Hbond substituents is 1. The Morgan fingerprint density at radius 1 is 1.33 bits per heavy atom. The van der Waals surface area contributed by atoms with E-state index in [2.05, 4.69) is 5.32 Å². The Balaban J connectivity index is 1.91. The van der Waals surface area contributed by atoms with Crippen molar-refractivity contribution in [2.24, 2.45) is 5.92 Å². The van der Waals surface area contributed by atoms with E-state index in [1.807, 2.05) is 0 Å². The third kappa shape index (κ3) is 3.26. The van der Waals surface area contributed by atoms with Crippen LogP contribution in [0.1, 0.15) is 17.5 Å². The van der Waals surface area contributed by atoms with Crippen molar-refractivity contribution in [3.63, 3.8) is 0 Å². The largest absolute Gasteiger partial charge is 0.507 e. The zero-order valence-electron chi connectivity index (χ0n) is 12.7. The van der Waals surface area contributed by atoms with Crippen LogP contribution in [0.2, 0.25) is 0 Å². The highest BCUT2D eigenvalue weighted by Gasteiger charge is 2.33. The van der Waals surface area contributed by atoms with E-state index in [1.54, 1.807) is 18.5 Å². The highest BCUT2D eigenvalue weighted by Crippen LogP contribution is 2.35. The lowest BCUT2D eigenvalue weighted by molar-refractivity contribution is -0.372. The van der Waals surface area contributed by atoms with Gasteiger partial charge in [-0.25, -0.2) is 4.79 Å². The van der Waals surface area contributed by atoms with Crippen molar-refractivity contribution in [1.82, 2.24) is 5.32 Å². The van der Waals surface area contributed by atoms with Crippen molar-refractivity contribution in [3.8, 4) is 5.75 Å². The lowest BCUT2D eigenvalue weighted by Gasteiger charge is -2.11. The van der Waals surface area contributed by atoms with Crippen LogP contribution in [0.5, 0.6) is 5.75 Å². The molecule has 0 radical (unpaired) electrons. The van der Waals surface area contributed by atoms with E-state index in [4.69, 9.17) is 0 Å². The fourth-order valence-electron chi connectivity index (χ4n) is 2.80. The number of nitrogens with zero attached hydrogens (tertiary/aromatic N) is 1. The van der Waals surface area contributed by atoms with Crippen molar-refractivity contribution >= 4 is 17.7 Å². The molecule has 0 aliphatic carbocycles. The number of benzene rings is 1. The van der Waals surface area contributed by atoms with E-state index in [0.717, 1.165) is 31.6 Å². The van der Waals surface area contributed by atoms with E-state index in [1.165, 1.54) is 10.7 Å². The first-order valence-corrected chi connectivity index (χ1v) is 7.53. The average molecular weight is 337 g/mol. The van der Waals surface area contributed by atoms with E-state index in [9.17, 15) is 23.1 Å². The third-order valence-electron chi connectivity index (χ3n) is 4.06. The maximum absolute atomic E-state index is 12.7. The van der Waals surface area contributed by atoms with Gasteiger partial charge in [0.15, 0.2) is 12.4 Å². The molecule has 1 amide bonds. The minimum absolute atomic E-state index is 0.0836. The Kier molecular flexibility index (Phi) is 4.28. The van der Waals surface area contributed by atoms with Crippen LogP contribution >= 0.6 is 0 Å². The van der Waals surface area contributed by atoms with Gasteiger partial charge in [0.2, 0.25) is 0 Å². The minimum Gasteiger partial charge on any atom is -0.507 e. The monoisotopic (exact) mass is 337 g/mol. The Morgan fingerprint density at radius 3 is 2.75 bits per heavy atom.